The Balaban J connectivity index is 1.82. The minimum absolute atomic E-state index is 0.425. The Morgan fingerprint density at radius 3 is 2.33 bits per heavy atom. The van der Waals surface area contributed by atoms with E-state index >= 15 is 0 Å². The van der Waals surface area contributed by atoms with Crippen LogP contribution in [0.5, 0.6) is 0 Å². The molecule has 0 saturated carbocycles. The molecule has 1 atom stereocenters. The van der Waals surface area contributed by atoms with Gasteiger partial charge in [-0.25, -0.2) is 0 Å². The van der Waals surface area contributed by atoms with Gasteiger partial charge in [0.2, 0.25) is 0 Å². The lowest BCUT2D eigenvalue weighted by molar-refractivity contribution is 0.253. The maximum Gasteiger partial charge on any atom is 0.0565 e. The molecule has 0 spiro atoms. The summed E-state index contributed by atoms with van der Waals surface area (Å²) in [7, 11) is 4.30. The van der Waals surface area contributed by atoms with Crippen molar-refractivity contribution in [2.24, 2.45) is 0 Å². The number of benzene rings is 2. The van der Waals surface area contributed by atoms with Gasteiger partial charge < -0.3 is 4.90 Å². The predicted molar refractivity (Wildman–Crippen MR) is 103 cm³/mol. The third-order valence-corrected chi connectivity index (χ3v) is 4.72. The molecule has 3 rings (SSSR count). The molecule has 1 unspecified atom stereocenters. The highest BCUT2D eigenvalue weighted by molar-refractivity contribution is 5.56. The molecule has 0 aliphatic carbocycles. The van der Waals surface area contributed by atoms with Crippen molar-refractivity contribution >= 4 is 6.08 Å². The van der Waals surface area contributed by atoms with Crippen molar-refractivity contribution in [1.82, 2.24) is 9.80 Å². The molecule has 0 amide bonds. The summed E-state index contributed by atoms with van der Waals surface area (Å²) in [6.07, 6.45) is 4.77. The molecule has 1 heterocycles. The normalized spacial score (nSPS) is 20.1. The summed E-state index contributed by atoms with van der Waals surface area (Å²) in [6.45, 7) is 3.46. The van der Waals surface area contributed by atoms with Gasteiger partial charge >= 0.3 is 0 Å². The standard InChI is InChI=1S/C22H28N2/c1-23(2)15-9-16-24-17-14-21(18-19-10-5-3-6-11-19)22(24)20-12-7-4-8-13-20/h3-8,10-13,18,22H,9,14-17H2,1-2H3/b21-18+. The van der Waals surface area contributed by atoms with E-state index in [0.29, 0.717) is 6.04 Å². The molecule has 126 valence electrons. The smallest absolute Gasteiger partial charge is 0.0565 e. The molecule has 0 radical (unpaired) electrons. The van der Waals surface area contributed by atoms with E-state index < -0.39 is 0 Å². The minimum atomic E-state index is 0.425. The molecule has 0 bridgehead atoms. The van der Waals surface area contributed by atoms with Crippen molar-refractivity contribution < 1.29 is 0 Å². The van der Waals surface area contributed by atoms with Gasteiger partial charge in [0.25, 0.3) is 0 Å². The fraction of sp³-hybridized carbons (Fsp3) is 0.364. The first kappa shape index (κ1) is 16.9. The van der Waals surface area contributed by atoms with Crippen molar-refractivity contribution in [3.63, 3.8) is 0 Å². The minimum Gasteiger partial charge on any atom is -0.309 e. The molecular formula is C22H28N2. The Bertz CT molecular complexity index is 646. The van der Waals surface area contributed by atoms with Gasteiger partial charge in [-0.05, 0) is 50.2 Å². The third kappa shape index (κ3) is 4.34. The number of hydrogen-bond donors (Lipinski definition) is 0. The average molecular weight is 320 g/mol. The summed E-state index contributed by atoms with van der Waals surface area (Å²) in [5.74, 6) is 0. The first-order valence-electron chi connectivity index (χ1n) is 8.93. The van der Waals surface area contributed by atoms with Gasteiger partial charge in [-0.15, -0.1) is 0 Å². The maximum atomic E-state index is 2.65. The van der Waals surface area contributed by atoms with Crippen molar-refractivity contribution in [1.29, 1.82) is 0 Å². The molecule has 1 aliphatic rings. The Labute approximate surface area is 146 Å². The van der Waals surface area contributed by atoms with Gasteiger partial charge in [0.15, 0.2) is 0 Å². The first-order chi connectivity index (χ1) is 11.7. The summed E-state index contributed by atoms with van der Waals surface area (Å²) in [6, 6.07) is 22.1. The van der Waals surface area contributed by atoms with Gasteiger partial charge in [-0.2, -0.15) is 0 Å². The van der Waals surface area contributed by atoms with Crippen LogP contribution in [0.1, 0.15) is 30.0 Å². The van der Waals surface area contributed by atoms with Crippen LogP contribution in [-0.4, -0.2) is 43.5 Å². The van der Waals surface area contributed by atoms with Crippen LogP contribution in [0.4, 0.5) is 0 Å². The van der Waals surface area contributed by atoms with E-state index in [0.717, 1.165) is 26.1 Å². The molecule has 1 saturated heterocycles. The quantitative estimate of drug-likeness (QED) is 0.775. The SMILES string of the molecule is CN(C)CCCN1CC/C(=C\c2ccccc2)C1c1ccccc1. The zero-order valence-corrected chi connectivity index (χ0v) is 14.9. The lowest BCUT2D eigenvalue weighted by atomic mass is 9.97. The lowest BCUT2D eigenvalue weighted by Crippen LogP contribution is -2.27. The molecule has 1 aliphatic heterocycles. The molecule has 2 nitrogen and oxygen atoms in total. The number of likely N-dealkylation sites (tertiary alicyclic amines) is 1. The summed E-state index contributed by atoms with van der Waals surface area (Å²) in [5, 5.41) is 0. The Morgan fingerprint density at radius 1 is 1.00 bits per heavy atom. The van der Waals surface area contributed by atoms with Crippen LogP contribution in [0.3, 0.4) is 0 Å². The fourth-order valence-corrected chi connectivity index (χ4v) is 3.58. The third-order valence-electron chi connectivity index (χ3n) is 4.72. The Kier molecular flexibility index (Phi) is 5.84. The van der Waals surface area contributed by atoms with E-state index in [2.05, 4.69) is 90.6 Å². The maximum absolute atomic E-state index is 2.65. The predicted octanol–water partition coefficient (Wildman–Crippen LogP) is 4.47. The van der Waals surface area contributed by atoms with E-state index in [1.165, 1.54) is 23.1 Å². The Morgan fingerprint density at radius 2 is 1.67 bits per heavy atom. The highest BCUT2D eigenvalue weighted by Crippen LogP contribution is 2.37. The highest BCUT2D eigenvalue weighted by Gasteiger charge is 2.29. The van der Waals surface area contributed by atoms with Crippen LogP contribution in [-0.2, 0) is 0 Å². The van der Waals surface area contributed by atoms with E-state index in [1.807, 2.05) is 0 Å². The van der Waals surface area contributed by atoms with Gasteiger partial charge in [0.05, 0.1) is 6.04 Å². The summed E-state index contributed by atoms with van der Waals surface area (Å²) in [4.78, 5) is 4.92. The first-order valence-corrected chi connectivity index (χ1v) is 8.93. The zero-order valence-electron chi connectivity index (χ0n) is 14.9. The molecule has 2 aromatic rings. The monoisotopic (exact) mass is 320 g/mol. The van der Waals surface area contributed by atoms with Crippen LogP contribution < -0.4 is 0 Å². The van der Waals surface area contributed by atoms with Crippen LogP contribution in [0, 0.1) is 0 Å². The topological polar surface area (TPSA) is 6.48 Å². The lowest BCUT2D eigenvalue weighted by Gasteiger charge is -2.26. The van der Waals surface area contributed by atoms with E-state index in [4.69, 9.17) is 0 Å². The molecule has 24 heavy (non-hydrogen) atoms. The van der Waals surface area contributed by atoms with E-state index in [1.54, 1.807) is 0 Å². The second-order valence-corrected chi connectivity index (χ2v) is 6.89. The summed E-state index contributed by atoms with van der Waals surface area (Å²) >= 11 is 0. The molecule has 0 aromatic heterocycles. The van der Waals surface area contributed by atoms with Crippen molar-refractivity contribution in [2.45, 2.75) is 18.9 Å². The van der Waals surface area contributed by atoms with Crippen molar-refractivity contribution in [3.8, 4) is 0 Å². The van der Waals surface area contributed by atoms with Crippen LogP contribution >= 0.6 is 0 Å². The molecule has 0 N–H and O–H groups in total. The molecule has 1 fully saturated rings. The van der Waals surface area contributed by atoms with Crippen molar-refractivity contribution in [3.05, 3.63) is 77.4 Å². The second kappa shape index (κ2) is 8.27. The zero-order chi connectivity index (χ0) is 16.8. The second-order valence-electron chi connectivity index (χ2n) is 6.89. The summed E-state index contributed by atoms with van der Waals surface area (Å²) in [5.41, 5.74) is 4.27. The summed E-state index contributed by atoms with van der Waals surface area (Å²) < 4.78 is 0. The van der Waals surface area contributed by atoms with Gasteiger partial charge in [-0.1, -0.05) is 66.7 Å². The number of nitrogens with zero attached hydrogens (tertiary/aromatic N) is 2. The molecule has 2 aromatic carbocycles. The molecule has 2 heteroatoms. The molecular weight excluding hydrogens is 292 g/mol. The fourth-order valence-electron chi connectivity index (χ4n) is 3.58. The number of hydrogen-bond acceptors (Lipinski definition) is 2. The van der Waals surface area contributed by atoms with E-state index in [-0.39, 0.29) is 0 Å². The largest absolute Gasteiger partial charge is 0.309 e. The van der Waals surface area contributed by atoms with Gasteiger partial charge in [-0.3, -0.25) is 4.90 Å². The average Bonchev–Trinajstić information content (AvgIpc) is 2.99. The van der Waals surface area contributed by atoms with E-state index in [9.17, 15) is 0 Å². The van der Waals surface area contributed by atoms with Gasteiger partial charge in [0, 0.05) is 13.1 Å². The van der Waals surface area contributed by atoms with Crippen LogP contribution in [0.2, 0.25) is 0 Å². The van der Waals surface area contributed by atoms with Gasteiger partial charge in [0.1, 0.15) is 0 Å². The Hall–Kier alpha value is -1.90. The van der Waals surface area contributed by atoms with Crippen molar-refractivity contribution in [2.75, 3.05) is 33.7 Å². The van der Waals surface area contributed by atoms with Crippen LogP contribution in [0.15, 0.2) is 66.2 Å². The highest BCUT2D eigenvalue weighted by atomic mass is 15.2. The van der Waals surface area contributed by atoms with Crippen LogP contribution in [0.25, 0.3) is 6.08 Å². The number of rotatable bonds is 6.